The number of rotatable bonds is 8. The van der Waals surface area contributed by atoms with Gasteiger partial charge < -0.3 is 0 Å². The summed E-state index contributed by atoms with van der Waals surface area (Å²) in [5.74, 6) is 2.49. The van der Waals surface area contributed by atoms with Gasteiger partial charge in [0, 0.05) is 0 Å². The first-order chi connectivity index (χ1) is 8.16. The molecule has 0 aromatic rings. The molecular formula is C18H32. The van der Waals surface area contributed by atoms with Crippen molar-refractivity contribution in [3.05, 3.63) is 36.5 Å². The summed E-state index contributed by atoms with van der Waals surface area (Å²) in [7, 11) is 0. The smallest absolute Gasteiger partial charge is 0.0106 e. The number of hydrogen-bond donors (Lipinski definition) is 0. The minimum Gasteiger partial charge on any atom is -0.100 e. The van der Waals surface area contributed by atoms with Crippen LogP contribution in [0.4, 0.5) is 0 Å². The van der Waals surface area contributed by atoms with E-state index in [-0.39, 0.29) is 0 Å². The zero-order valence-corrected chi connectivity index (χ0v) is 13.3. The van der Waals surface area contributed by atoms with E-state index in [9.17, 15) is 0 Å². The highest BCUT2D eigenvalue weighted by molar-refractivity contribution is 5.12. The molecule has 0 saturated heterocycles. The third-order valence-corrected chi connectivity index (χ3v) is 4.08. The van der Waals surface area contributed by atoms with E-state index in [1.54, 1.807) is 0 Å². The second kappa shape index (κ2) is 7.61. The molecule has 0 aliphatic heterocycles. The molecule has 0 aromatic carbocycles. The summed E-state index contributed by atoms with van der Waals surface area (Å²) < 4.78 is 0. The van der Waals surface area contributed by atoms with Gasteiger partial charge in [-0.15, -0.1) is 6.58 Å². The summed E-state index contributed by atoms with van der Waals surface area (Å²) in [5.41, 5.74) is 3.80. The van der Waals surface area contributed by atoms with Crippen LogP contribution >= 0.6 is 0 Å². The molecule has 0 fully saturated rings. The molecule has 0 amide bonds. The lowest BCUT2D eigenvalue weighted by Crippen LogP contribution is -2.21. The van der Waals surface area contributed by atoms with Crippen LogP contribution in [0.2, 0.25) is 0 Å². The molecular weight excluding hydrogens is 216 g/mol. The number of allylic oxidation sites excluding steroid dienone is 3. The van der Waals surface area contributed by atoms with Crippen molar-refractivity contribution in [3.8, 4) is 0 Å². The molecule has 0 aromatic heterocycles. The molecule has 3 unspecified atom stereocenters. The maximum Gasteiger partial charge on any atom is -0.0106 e. The number of hydrogen-bond acceptors (Lipinski definition) is 0. The lowest BCUT2D eigenvalue weighted by Gasteiger charge is -2.32. The van der Waals surface area contributed by atoms with Crippen molar-refractivity contribution < 1.29 is 0 Å². The van der Waals surface area contributed by atoms with E-state index < -0.39 is 0 Å². The van der Waals surface area contributed by atoms with Crippen LogP contribution in [0.3, 0.4) is 0 Å². The molecule has 0 spiro atoms. The van der Waals surface area contributed by atoms with Gasteiger partial charge >= 0.3 is 0 Å². The van der Waals surface area contributed by atoms with E-state index >= 15 is 0 Å². The molecule has 104 valence electrons. The monoisotopic (exact) mass is 248 g/mol. The van der Waals surface area contributed by atoms with Crippen LogP contribution < -0.4 is 0 Å². The minimum absolute atomic E-state index is 0.501. The Labute approximate surface area is 115 Å². The summed E-state index contributed by atoms with van der Waals surface area (Å²) >= 11 is 0. The summed E-state index contributed by atoms with van der Waals surface area (Å²) in [6.45, 7) is 25.8. The first-order valence-electron chi connectivity index (χ1n) is 7.12. The second-order valence-corrected chi connectivity index (χ2v) is 6.52. The first-order valence-corrected chi connectivity index (χ1v) is 7.12. The molecule has 3 atom stereocenters. The van der Waals surface area contributed by atoms with Crippen molar-refractivity contribution >= 4 is 0 Å². The van der Waals surface area contributed by atoms with Crippen molar-refractivity contribution in [2.75, 3.05) is 0 Å². The van der Waals surface area contributed by atoms with E-state index in [1.165, 1.54) is 23.1 Å². The van der Waals surface area contributed by atoms with E-state index in [4.69, 9.17) is 0 Å². The molecule has 18 heavy (non-hydrogen) atoms. The highest BCUT2D eigenvalue weighted by Gasteiger charge is 2.25. The predicted octanol–water partition coefficient (Wildman–Crippen LogP) is 6.02. The van der Waals surface area contributed by atoms with Gasteiger partial charge in [-0.25, -0.2) is 0 Å². The van der Waals surface area contributed by atoms with E-state index in [0.717, 1.165) is 18.3 Å². The predicted molar refractivity (Wildman–Crippen MR) is 84.7 cm³/mol. The normalized spacial score (nSPS) is 16.2. The third-order valence-electron chi connectivity index (χ3n) is 4.08. The quantitative estimate of drug-likeness (QED) is 0.461. The highest BCUT2D eigenvalue weighted by atomic mass is 14.3. The van der Waals surface area contributed by atoms with Crippen LogP contribution in [0.5, 0.6) is 0 Å². The van der Waals surface area contributed by atoms with Gasteiger partial charge in [-0.3, -0.25) is 0 Å². The lowest BCUT2D eigenvalue weighted by molar-refractivity contribution is 0.294. The van der Waals surface area contributed by atoms with Gasteiger partial charge in [0.05, 0.1) is 0 Å². The van der Waals surface area contributed by atoms with Gasteiger partial charge in [-0.1, -0.05) is 50.6 Å². The third kappa shape index (κ3) is 5.71. The second-order valence-electron chi connectivity index (χ2n) is 6.52. The Kier molecular flexibility index (Phi) is 7.28. The Morgan fingerprint density at radius 1 is 0.833 bits per heavy atom. The maximum atomic E-state index is 4.21. The molecule has 0 N–H and O–H groups in total. The van der Waals surface area contributed by atoms with Crippen LogP contribution in [-0.4, -0.2) is 0 Å². The van der Waals surface area contributed by atoms with Crippen LogP contribution in [0.25, 0.3) is 0 Å². The Balaban J connectivity index is 4.98. The van der Waals surface area contributed by atoms with E-state index in [0.29, 0.717) is 11.8 Å². The van der Waals surface area contributed by atoms with Crippen molar-refractivity contribution in [1.82, 2.24) is 0 Å². The lowest BCUT2D eigenvalue weighted by atomic mass is 9.73. The minimum atomic E-state index is 0.501. The fraction of sp³-hybridized carbons (Fsp3) is 0.667. The summed E-state index contributed by atoms with van der Waals surface area (Å²) in [6.07, 6.45) is 2.25. The van der Waals surface area contributed by atoms with Gasteiger partial charge in [0.2, 0.25) is 0 Å². The van der Waals surface area contributed by atoms with Gasteiger partial charge in [0.25, 0.3) is 0 Å². The maximum absolute atomic E-state index is 4.21. The topological polar surface area (TPSA) is 0 Å². The Hall–Kier alpha value is -0.780. The van der Waals surface area contributed by atoms with E-state index in [1.807, 2.05) is 0 Å². The van der Waals surface area contributed by atoms with Crippen LogP contribution in [-0.2, 0) is 0 Å². The molecule has 0 saturated carbocycles. The first kappa shape index (κ1) is 17.2. The molecule has 0 radical (unpaired) electrons. The van der Waals surface area contributed by atoms with Crippen LogP contribution in [0.15, 0.2) is 36.5 Å². The fourth-order valence-corrected chi connectivity index (χ4v) is 2.42. The molecule has 0 aliphatic carbocycles. The fourth-order valence-electron chi connectivity index (χ4n) is 2.42. The van der Waals surface area contributed by atoms with Crippen molar-refractivity contribution in [1.29, 1.82) is 0 Å². The summed E-state index contributed by atoms with van der Waals surface area (Å²) in [6, 6.07) is 0. The zero-order valence-electron chi connectivity index (χ0n) is 13.3. The standard InChI is InChI=1S/C18H32/c1-12(2)10-17(14(5)6)18(15(7)8)11-16(9)13(3)4/h13,16-18H,1,5,7,10-11H2,2-4,6,8-9H3. The van der Waals surface area contributed by atoms with Crippen molar-refractivity contribution in [2.45, 2.75) is 54.4 Å². The average molecular weight is 248 g/mol. The molecule has 0 bridgehead atoms. The zero-order chi connectivity index (χ0) is 14.5. The largest absolute Gasteiger partial charge is 0.100 e. The molecule has 0 heteroatoms. The molecule has 0 nitrogen and oxygen atoms in total. The van der Waals surface area contributed by atoms with Crippen molar-refractivity contribution in [3.63, 3.8) is 0 Å². The molecule has 0 aliphatic rings. The van der Waals surface area contributed by atoms with Crippen LogP contribution in [0, 0.1) is 23.7 Å². The summed E-state index contributed by atoms with van der Waals surface area (Å²) in [5, 5.41) is 0. The molecule has 0 rings (SSSR count). The average Bonchev–Trinajstić information content (AvgIpc) is 2.21. The van der Waals surface area contributed by atoms with Gasteiger partial charge in [0.15, 0.2) is 0 Å². The Morgan fingerprint density at radius 2 is 1.28 bits per heavy atom. The Bertz CT molecular complexity index is 306. The van der Waals surface area contributed by atoms with E-state index in [2.05, 4.69) is 61.3 Å². The highest BCUT2D eigenvalue weighted by Crippen LogP contribution is 2.36. The van der Waals surface area contributed by atoms with Gasteiger partial charge in [-0.2, -0.15) is 0 Å². The van der Waals surface area contributed by atoms with Crippen molar-refractivity contribution in [2.24, 2.45) is 23.7 Å². The van der Waals surface area contributed by atoms with Gasteiger partial charge in [0.1, 0.15) is 0 Å². The van der Waals surface area contributed by atoms with Crippen LogP contribution in [0.1, 0.15) is 54.4 Å². The summed E-state index contributed by atoms with van der Waals surface area (Å²) in [4.78, 5) is 0. The molecule has 0 heterocycles. The Morgan fingerprint density at radius 3 is 1.56 bits per heavy atom. The SMILES string of the molecule is C=C(C)CC(C(=C)C)C(CC(C)C(C)C)C(=C)C. The van der Waals surface area contributed by atoms with Gasteiger partial charge in [-0.05, 0) is 57.3 Å².